The van der Waals surface area contributed by atoms with Gasteiger partial charge in [-0.15, -0.1) is 0 Å². The largest absolute Gasteiger partial charge is 0.465 e. The number of carbonyl (C=O) groups is 1. The number of anilines is 1. The van der Waals surface area contributed by atoms with Gasteiger partial charge in [0.2, 0.25) is 0 Å². The predicted octanol–water partition coefficient (Wildman–Crippen LogP) is 4.14. The summed E-state index contributed by atoms with van der Waals surface area (Å²) in [5, 5.41) is 0.157. The topological polar surface area (TPSA) is 52.3 Å². The molecule has 2 aromatic rings. The summed E-state index contributed by atoms with van der Waals surface area (Å²) < 4.78 is 31.6. The fourth-order valence-corrected chi connectivity index (χ4v) is 2.95. The lowest BCUT2D eigenvalue weighted by Gasteiger charge is -2.11. The van der Waals surface area contributed by atoms with Crippen LogP contribution in [0.1, 0.15) is 10.4 Å². The van der Waals surface area contributed by atoms with Gasteiger partial charge < -0.3 is 10.5 Å². The summed E-state index contributed by atoms with van der Waals surface area (Å²) in [6.07, 6.45) is 0. The number of nitrogen functional groups attached to an aromatic ring is 1. The Hall–Kier alpha value is -1.79. The van der Waals surface area contributed by atoms with Crippen molar-refractivity contribution in [2.24, 2.45) is 0 Å². The molecule has 0 aromatic heterocycles. The molecule has 0 atom stereocenters. The highest BCUT2D eigenvalue weighted by Gasteiger charge is 2.19. The van der Waals surface area contributed by atoms with Crippen LogP contribution in [-0.2, 0) is 4.74 Å². The monoisotopic (exact) mass is 329 g/mol. The van der Waals surface area contributed by atoms with Gasteiger partial charge in [0.25, 0.3) is 0 Å². The van der Waals surface area contributed by atoms with Gasteiger partial charge in [-0.1, -0.05) is 23.4 Å². The summed E-state index contributed by atoms with van der Waals surface area (Å²) in [4.78, 5) is 12.0. The summed E-state index contributed by atoms with van der Waals surface area (Å²) in [5.41, 5.74) is 5.99. The molecule has 0 saturated carbocycles. The van der Waals surface area contributed by atoms with Crippen LogP contribution >= 0.6 is 23.4 Å². The lowest BCUT2D eigenvalue weighted by Crippen LogP contribution is -2.05. The number of benzene rings is 2. The molecule has 0 heterocycles. The van der Waals surface area contributed by atoms with Crippen LogP contribution < -0.4 is 5.73 Å². The molecular weight excluding hydrogens is 320 g/mol. The number of halogens is 3. The fourth-order valence-electron chi connectivity index (χ4n) is 1.65. The van der Waals surface area contributed by atoms with E-state index in [4.69, 9.17) is 17.3 Å². The molecule has 2 aromatic carbocycles. The van der Waals surface area contributed by atoms with Gasteiger partial charge in [-0.2, -0.15) is 0 Å². The van der Waals surface area contributed by atoms with E-state index in [0.29, 0.717) is 0 Å². The Labute approximate surface area is 129 Å². The minimum atomic E-state index is -0.663. The molecule has 2 rings (SSSR count). The molecule has 0 radical (unpaired) electrons. The number of rotatable bonds is 3. The number of carbonyl (C=O) groups excluding carboxylic acids is 1. The average Bonchev–Trinajstić information content (AvgIpc) is 2.44. The first-order valence-corrected chi connectivity index (χ1v) is 6.92. The first kappa shape index (κ1) is 15.6. The smallest absolute Gasteiger partial charge is 0.339 e. The summed E-state index contributed by atoms with van der Waals surface area (Å²) in [6, 6.07) is 5.82. The van der Waals surface area contributed by atoms with Gasteiger partial charge in [-0.25, -0.2) is 13.6 Å². The second-order valence-corrected chi connectivity index (χ2v) is 5.51. The van der Waals surface area contributed by atoms with E-state index in [2.05, 4.69) is 4.74 Å². The lowest BCUT2D eigenvalue weighted by atomic mass is 10.2. The second-order valence-electron chi connectivity index (χ2n) is 4.05. The number of methoxy groups -OCH3 is 1. The van der Waals surface area contributed by atoms with Crippen LogP contribution in [0.4, 0.5) is 14.5 Å². The van der Waals surface area contributed by atoms with Gasteiger partial charge in [0, 0.05) is 10.6 Å². The van der Waals surface area contributed by atoms with Gasteiger partial charge in [0.05, 0.1) is 22.6 Å². The molecule has 0 aliphatic carbocycles. The highest BCUT2D eigenvalue weighted by Crippen LogP contribution is 2.39. The fraction of sp³-hybridized carbons (Fsp3) is 0.0714. The highest BCUT2D eigenvalue weighted by molar-refractivity contribution is 7.99. The van der Waals surface area contributed by atoms with E-state index in [1.165, 1.54) is 19.2 Å². The molecule has 0 aliphatic heterocycles. The van der Waals surface area contributed by atoms with Gasteiger partial charge in [-0.3, -0.25) is 0 Å². The molecule has 2 N–H and O–H groups in total. The molecule has 0 spiro atoms. The zero-order valence-electron chi connectivity index (χ0n) is 10.8. The molecule has 0 amide bonds. The Morgan fingerprint density at radius 1 is 1.29 bits per heavy atom. The third-order valence-corrected chi connectivity index (χ3v) is 4.16. The van der Waals surface area contributed by atoms with Crippen molar-refractivity contribution in [1.29, 1.82) is 0 Å². The van der Waals surface area contributed by atoms with Crippen LogP contribution in [-0.4, -0.2) is 13.1 Å². The van der Waals surface area contributed by atoms with E-state index in [1.54, 1.807) is 0 Å². The minimum Gasteiger partial charge on any atom is -0.465 e. The van der Waals surface area contributed by atoms with Gasteiger partial charge in [-0.05, 0) is 30.3 Å². The molecular formula is C14H10ClF2NO2S. The standard InChI is InChI=1S/C14H10ClF2NO2S/c1-20-14(19)9-5-8(18)6-10(15)13(9)21-12-4-7(16)2-3-11(12)17/h2-6H,18H2,1H3. The normalized spacial score (nSPS) is 10.5. The van der Waals surface area contributed by atoms with Crippen LogP contribution in [0.15, 0.2) is 40.1 Å². The SMILES string of the molecule is COC(=O)c1cc(N)cc(Cl)c1Sc1cc(F)ccc1F. The van der Waals surface area contributed by atoms with E-state index >= 15 is 0 Å². The number of esters is 1. The molecule has 0 bridgehead atoms. The third-order valence-electron chi connectivity index (χ3n) is 2.58. The number of hydrogen-bond donors (Lipinski definition) is 1. The quantitative estimate of drug-likeness (QED) is 0.679. The Morgan fingerprint density at radius 2 is 2.00 bits per heavy atom. The molecule has 0 aliphatic rings. The molecule has 0 saturated heterocycles. The van der Waals surface area contributed by atoms with E-state index in [9.17, 15) is 13.6 Å². The number of hydrogen-bond acceptors (Lipinski definition) is 4. The Bertz CT molecular complexity index is 710. The van der Waals surface area contributed by atoms with E-state index < -0.39 is 17.6 Å². The van der Waals surface area contributed by atoms with Crippen molar-refractivity contribution in [1.82, 2.24) is 0 Å². The summed E-state index contributed by atoms with van der Waals surface area (Å²) in [5.74, 6) is -1.88. The first-order valence-electron chi connectivity index (χ1n) is 5.72. The van der Waals surface area contributed by atoms with Crippen LogP contribution in [0, 0.1) is 11.6 Å². The molecule has 110 valence electrons. The summed E-state index contributed by atoms with van der Waals surface area (Å²) >= 11 is 6.88. The molecule has 0 unspecified atom stereocenters. The van der Waals surface area contributed by atoms with E-state index in [0.717, 1.165) is 30.0 Å². The van der Waals surface area contributed by atoms with Crippen LogP contribution in [0.25, 0.3) is 0 Å². The van der Waals surface area contributed by atoms with E-state index in [-0.39, 0.29) is 26.1 Å². The van der Waals surface area contributed by atoms with Gasteiger partial charge in [0.1, 0.15) is 11.6 Å². The van der Waals surface area contributed by atoms with Gasteiger partial charge in [0.15, 0.2) is 0 Å². The molecule has 3 nitrogen and oxygen atoms in total. The lowest BCUT2D eigenvalue weighted by molar-refractivity contribution is 0.0597. The maximum absolute atomic E-state index is 13.7. The zero-order valence-corrected chi connectivity index (χ0v) is 12.4. The van der Waals surface area contributed by atoms with Crippen LogP contribution in [0.5, 0.6) is 0 Å². The Morgan fingerprint density at radius 3 is 2.67 bits per heavy atom. The van der Waals surface area contributed by atoms with Crippen molar-refractivity contribution >= 4 is 35.0 Å². The van der Waals surface area contributed by atoms with Crippen molar-refractivity contribution < 1.29 is 18.3 Å². The zero-order chi connectivity index (χ0) is 15.6. The summed E-state index contributed by atoms with van der Waals surface area (Å²) in [6.45, 7) is 0. The highest BCUT2D eigenvalue weighted by atomic mass is 35.5. The maximum atomic E-state index is 13.7. The van der Waals surface area contributed by atoms with Crippen LogP contribution in [0.2, 0.25) is 5.02 Å². The minimum absolute atomic E-state index is 0.00632. The van der Waals surface area contributed by atoms with Crippen molar-refractivity contribution in [3.05, 3.63) is 52.6 Å². The maximum Gasteiger partial charge on any atom is 0.339 e. The van der Waals surface area contributed by atoms with Crippen molar-refractivity contribution in [2.45, 2.75) is 9.79 Å². The van der Waals surface area contributed by atoms with Gasteiger partial charge >= 0.3 is 5.97 Å². The molecule has 21 heavy (non-hydrogen) atoms. The van der Waals surface area contributed by atoms with Crippen molar-refractivity contribution in [3.63, 3.8) is 0 Å². The molecule has 0 fully saturated rings. The summed E-state index contributed by atoms with van der Waals surface area (Å²) in [7, 11) is 1.21. The van der Waals surface area contributed by atoms with Crippen LogP contribution in [0.3, 0.4) is 0 Å². The Balaban J connectivity index is 2.53. The van der Waals surface area contributed by atoms with E-state index in [1.807, 2.05) is 0 Å². The second kappa shape index (κ2) is 6.32. The average molecular weight is 330 g/mol. The molecule has 7 heteroatoms. The third kappa shape index (κ3) is 3.46. The number of nitrogens with two attached hydrogens (primary N) is 1. The number of ether oxygens (including phenoxy) is 1. The first-order chi connectivity index (χ1) is 9.92. The predicted molar refractivity (Wildman–Crippen MR) is 77.7 cm³/mol. The van der Waals surface area contributed by atoms with Crippen molar-refractivity contribution in [2.75, 3.05) is 12.8 Å². The Kier molecular flexibility index (Phi) is 4.69. The van der Waals surface area contributed by atoms with Crippen molar-refractivity contribution in [3.8, 4) is 0 Å².